The first-order valence-electron chi connectivity index (χ1n) is 8.34. The number of rotatable bonds is 5. The lowest BCUT2D eigenvalue weighted by Gasteiger charge is -2.25. The monoisotopic (exact) mass is 370 g/mol. The number of benzene rings is 1. The van der Waals surface area contributed by atoms with Crippen LogP contribution in [0.5, 0.6) is 17.2 Å². The molecule has 1 amide bonds. The summed E-state index contributed by atoms with van der Waals surface area (Å²) in [6, 6.07) is 3.63. The average Bonchev–Trinajstić information content (AvgIpc) is 3.32. The van der Waals surface area contributed by atoms with Crippen LogP contribution in [0.15, 0.2) is 12.1 Å². The molecule has 1 aromatic rings. The molecular formula is C18H27ClN2O4. The molecule has 1 saturated carbocycles. The van der Waals surface area contributed by atoms with Gasteiger partial charge in [-0.2, -0.15) is 0 Å². The maximum absolute atomic E-state index is 12.9. The van der Waals surface area contributed by atoms with Crippen LogP contribution in [0, 0.1) is 11.3 Å². The van der Waals surface area contributed by atoms with Gasteiger partial charge in [0, 0.05) is 25.1 Å². The van der Waals surface area contributed by atoms with Crippen molar-refractivity contribution in [2.75, 3.05) is 46.4 Å². The van der Waals surface area contributed by atoms with Gasteiger partial charge in [-0.3, -0.25) is 4.79 Å². The van der Waals surface area contributed by atoms with E-state index in [1.54, 1.807) is 26.2 Å². The van der Waals surface area contributed by atoms with Gasteiger partial charge in [-0.1, -0.05) is 0 Å². The molecule has 2 fully saturated rings. The summed E-state index contributed by atoms with van der Waals surface area (Å²) in [5.41, 5.74) is 0.975. The quantitative estimate of drug-likeness (QED) is 0.862. The summed E-state index contributed by atoms with van der Waals surface area (Å²) in [5, 5.41) is 3.37. The Kier molecular flexibility index (Phi) is 6.06. The van der Waals surface area contributed by atoms with Gasteiger partial charge in [0.15, 0.2) is 11.5 Å². The number of piperidine rings is 1. The molecule has 7 heteroatoms. The van der Waals surface area contributed by atoms with Gasteiger partial charge in [-0.05, 0) is 37.8 Å². The van der Waals surface area contributed by atoms with Crippen LogP contribution in [0.3, 0.4) is 0 Å². The summed E-state index contributed by atoms with van der Waals surface area (Å²) in [6.07, 6.45) is 3.18. The molecule has 140 valence electrons. The SMILES string of the molecule is COc1cc(N(C)C(=O)C2CC23CCNCC3)cc(OC)c1OC.Cl. The molecule has 1 aromatic carbocycles. The second kappa shape index (κ2) is 7.70. The molecule has 0 bridgehead atoms. The number of nitrogens with one attached hydrogen (secondary N) is 1. The standard InChI is InChI=1S/C18H26N2O4.ClH/c1-20(17(21)13-11-18(13)5-7-19-8-6-18)12-9-14(22-2)16(24-4)15(10-12)23-3;/h9-10,13,19H,5-8,11H2,1-4H3;1H. The predicted octanol–water partition coefficient (Wildman–Crippen LogP) is 2.49. The molecule has 3 rings (SSSR count). The molecule has 6 nitrogen and oxygen atoms in total. The number of ether oxygens (including phenoxy) is 3. The van der Waals surface area contributed by atoms with Crippen molar-refractivity contribution in [3.8, 4) is 17.2 Å². The van der Waals surface area contributed by atoms with Gasteiger partial charge in [-0.25, -0.2) is 0 Å². The summed E-state index contributed by atoms with van der Waals surface area (Å²) in [5.74, 6) is 1.94. The highest BCUT2D eigenvalue weighted by molar-refractivity contribution is 5.97. The van der Waals surface area contributed by atoms with E-state index in [0.29, 0.717) is 17.2 Å². The van der Waals surface area contributed by atoms with Crippen LogP contribution in [0.25, 0.3) is 0 Å². The number of hydrogen-bond acceptors (Lipinski definition) is 5. The zero-order valence-electron chi connectivity index (χ0n) is 15.3. The molecule has 1 spiro atoms. The van der Waals surface area contributed by atoms with Crippen molar-refractivity contribution in [1.29, 1.82) is 0 Å². The fourth-order valence-corrected chi connectivity index (χ4v) is 3.80. The smallest absolute Gasteiger partial charge is 0.230 e. The molecule has 25 heavy (non-hydrogen) atoms. The molecular weight excluding hydrogens is 344 g/mol. The Labute approximate surface area is 155 Å². The number of anilines is 1. The first-order valence-corrected chi connectivity index (χ1v) is 8.34. The summed E-state index contributed by atoms with van der Waals surface area (Å²) >= 11 is 0. The van der Waals surface area contributed by atoms with Gasteiger partial charge in [0.2, 0.25) is 11.7 Å². The third kappa shape index (κ3) is 3.51. The van der Waals surface area contributed by atoms with Crippen molar-refractivity contribution in [2.45, 2.75) is 19.3 Å². The van der Waals surface area contributed by atoms with Crippen LogP contribution in [0.1, 0.15) is 19.3 Å². The van der Waals surface area contributed by atoms with E-state index < -0.39 is 0 Å². The number of hydrogen-bond donors (Lipinski definition) is 1. The van der Waals surface area contributed by atoms with E-state index in [0.717, 1.165) is 38.0 Å². The third-order valence-corrected chi connectivity index (χ3v) is 5.45. The first kappa shape index (κ1) is 19.7. The van der Waals surface area contributed by atoms with E-state index in [1.165, 1.54) is 0 Å². The highest BCUT2D eigenvalue weighted by atomic mass is 35.5. The van der Waals surface area contributed by atoms with Crippen molar-refractivity contribution >= 4 is 24.0 Å². The van der Waals surface area contributed by atoms with Gasteiger partial charge in [0.05, 0.1) is 27.0 Å². The van der Waals surface area contributed by atoms with Crippen molar-refractivity contribution in [2.24, 2.45) is 11.3 Å². The predicted molar refractivity (Wildman–Crippen MR) is 99.4 cm³/mol. The molecule has 1 aliphatic heterocycles. The molecule has 0 aromatic heterocycles. The minimum atomic E-state index is 0. The van der Waals surface area contributed by atoms with Gasteiger partial charge in [0.1, 0.15) is 0 Å². The number of methoxy groups -OCH3 is 3. The van der Waals surface area contributed by atoms with Crippen LogP contribution in [-0.4, -0.2) is 47.4 Å². The van der Waals surface area contributed by atoms with E-state index >= 15 is 0 Å². The van der Waals surface area contributed by atoms with Crippen molar-refractivity contribution in [3.63, 3.8) is 0 Å². The molecule has 1 heterocycles. The fraction of sp³-hybridized carbons (Fsp3) is 0.611. The second-order valence-electron chi connectivity index (χ2n) is 6.65. The molecule has 0 radical (unpaired) electrons. The normalized spacial score (nSPS) is 20.4. The zero-order chi connectivity index (χ0) is 17.3. The van der Waals surface area contributed by atoms with Crippen molar-refractivity contribution in [3.05, 3.63) is 12.1 Å². The fourth-order valence-electron chi connectivity index (χ4n) is 3.80. The van der Waals surface area contributed by atoms with E-state index in [4.69, 9.17) is 14.2 Å². The minimum absolute atomic E-state index is 0. The van der Waals surface area contributed by atoms with Gasteiger partial charge < -0.3 is 24.4 Å². The largest absolute Gasteiger partial charge is 0.493 e. The number of nitrogens with zero attached hydrogens (tertiary/aromatic N) is 1. The zero-order valence-corrected chi connectivity index (χ0v) is 16.1. The molecule has 1 aliphatic carbocycles. The lowest BCUT2D eigenvalue weighted by molar-refractivity contribution is -0.120. The van der Waals surface area contributed by atoms with E-state index in [9.17, 15) is 4.79 Å². The molecule has 1 atom stereocenters. The van der Waals surface area contributed by atoms with Crippen LogP contribution in [-0.2, 0) is 4.79 Å². The maximum Gasteiger partial charge on any atom is 0.230 e. The molecule has 2 aliphatic rings. The molecule has 1 unspecified atom stereocenters. The second-order valence-corrected chi connectivity index (χ2v) is 6.65. The van der Waals surface area contributed by atoms with E-state index in [-0.39, 0.29) is 29.6 Å². The lowest BCUT2D eigenvalue weighted by Crippen LogP contribution is -2.34. The van der Waals surface area contributed by atoms with Gasteiger partial charge in [0.25, 0.3) is 0 Å². The van der Waals surface area contributed by atoms with Crippen LogP contribution in [0.2, 0.25) is 0 Å². The Morgan fingerprint density at radius 2 is 1.68 bits per heavy atom. The Balaban J connectivity index is 0.00000225. The van der Waals surface area contributed by atoms with Crippen LogP contribution >= 0.6 is 12.4 Å². The Bertz CT molecular complexity index is 606. The topological polar surface area (TPSA) is 60.0 Å². The molecule has 1 N–H and O–H groups in total. The van der Waals surface area contributed by atoms with Crippen LogP contribution < -0.4 is 24.4 Å². The highest BCUT2D eigenvalue weighted by Gasteiger charge is 2.58. The lowest BCUT2D eigenvalue weighted by atomic mass is 9.91. The Hall–Kier alpha value is -1.66. The minimum Gasteiger partial charge on any atom is -0.493 e. The number of carbonyl (C=O) groups is 1. The Morgan fingerprint density at radius 1 is 1.12 bits per heavy atom. The van der Waals surface area contributed by atoms with E-state index in [2.05, 4.69) is 5.32 Å². The maximum atomic E-state index is 12.9. The summed E-state index contributed by atoms with van der Waals surface area (Å²) in [7, 11) is 6.54. The molecule has 1 saturated heterocycles. The number of carbonyl (C=O) groups excluding carboxylic acids is 1. The van der Waals surface area contributed by atoms with Gasteiger partial charge >= 0.3 is 0 Å². The van der Waals surface area contributed by atoms with Gasteiger partial charge in [-0.15, -0.1) is 12.4 Å². The average molecular weight is 371 g/mol. The van der Waals surface area contributed by atoms with Crippen molar-refractivity contribution < 1.29 is 19.0 Å². The number of amides is 1. The highest BCUT2D eigenvalue weighted by Crippen LogP contribution is 2.59. The first-order chi connectivity index (χ1) is 11.6. The van der Waals surface area contributed by atoms with Crippen LogP contribution in [0.4, 0.5) is 5.69 Å². The van der Waals surface area contributed by atoms with Crippen molar-refractivity contribution in [1.82, 2.24) is 5.32 Å². The summed E-state index contributed by atoms with van der Waals surface area (Å²) in [6.45, 7) is 2.02. The summed E-state index contributed by atoms with van der Waals surface area (Å²) in [4.78, 5) is 14.6. The van der Waals surface area contributed by atoms with E-state index in [1.807, 2.05) is 19.2 Å². The third-order valence-electron chi connectivity index (χ3n) is 5.45. The summed E-state index contributed by atoms with van der Waals surface area (Å²) < 4.78 is 16.1. The Morgan fingerprint density at radius 3 is 2.16 bits per heavy atom. The number of halogens is 1.